The molecule has 1 aromatic carbocycles. The minimum Gasteiger partial charge on any atom is -0.447 e. The van der Waals surface area contributed by atoms with E-state index in [0.717, 1.165) is 0 Å². The van der Waals surface area contributed by atoms with Crippen LogP contribution in [-0.4, -0.2) is 8.42 Å². The highest BCUT2D eigenvalue weighted by Crippen LogP contribution is 2.17. The summed E-state index contributed by atoms with van der Waals surface area (Å²) < 4.78 is 45.2. The lowest BCUT2D eigenvalue weighted by Crippen LogP contribution is -2.23. The summed E-state index contributed by atoms with van der Waals surface area (Å²) >= 11 is 0. The maximum Gasteiger partial charge on any atom is 0.274 e. The molecule has 0 aliphatic rings. The Morgan fingerprint density at radius 1 is 1.24 bits per heavy atom. The first kappa shape index (κ1) is 15.7. The Morgan fingerprint density at radius 2 is 1.86 bits per heavy atom. The molecule has 5 nitrogen and oxygen atoms in total. The summed E-state index contributed by atoms with van der Waals surface area (Å²) in [6.45, 7) is 3.47. The minimum atomic E-state index is -3.75. The summed E-state index contributed by atoms with van der Waals surface area (Å²) in [5, 5.41) is -0.182. The van der Waals surface area contributed by atoms with Crippen LogP contribution in [0.5, 0.6) is 0 Å². The first-order valence-electron chi connectivity index (χ1n) is 6.37. The first-order chi connectivity index (χ1) is 9.83. The average molecular weight is 312 g/mol. The molecular weight excluding hydrogens is 295 g/mol. The third kappa shape index (κ3) is 3.49. The highest BCUT2D eigenvalue weighted by atomic mass is 32.2. The van der Waals surface area contributed by atoms with Gasteiger partial charge < -0.3 is 10.2 Å². The molecule has 0 bridgehead atoms. The molecule has 0 saturated carbocycles. The number of aryl methyl sites for hydroxylation is 2. The zero-order valence-corrected chi connectivity index (χ0v) is 12.6. The fraction of sp³-hybridized carbons (Fsp3) is 0.286. The molecule has 0 spiro atoms. The van der Waals surface area contributed by atoms with Gasteiger partial charge in [-0.2, -0.15) is 0 Å². The summed E-state index contributed by atoms with van der Waals surface area (Å²) in [5.74, 6) is 0.115. The van der Waals surface area contributed by atoms with Gasteiger partial charge in [-0.15, -0.1) is 0 Å². The van der Waals surface area contributed by atoms with E-state index in [2.05, 4.69) is 4.72 Å². The lowest BCUT2D eigenvalue weighted by Gasteiger charge is -2.08. The Hall–Kier alpha value is -1.70. The van der Waals surface area contributed by atoms with Gasteiger partial charge in [-0.1, -0.05) is 12.1 Å². The zero-order valence-electron chi connectivity index (χ0n) is 11.8. The summed E-state index contributed by atoms with van der Waals surface area (Å²) in [5.41, 5.74) is 7.01. The fourth-order valence-corrected chi connectivity index (χ4v) is 2.96. The molecule has 0 saturated heterocycles. The molecule has 1 heterocycles. The van der Waals surface area contributed by atoms with Gasteiger partial charge in [-0.05, 0) is 42.7 Å². The van der Waals surface area contributed by atoms with Crippen molar-refractivity contribution in [3.05, 3.63) is 52.5 Å². The largest absolute Gasteiger partial charge is 0.447 e. The van der Waals surface area contributed by atoms with Crippen molar-refractivity contribution in [3.8, 4) is 0 Å². The molecule has 3 N–H and O–H groups in total. The third-order valence-electron chi connectivity index (χ3n) is 3.07. The normalized spacial score (nSPS) is 11.8. The third-order valence-corrected chi connectivity index (χ3v) is 4.34. The van der Waals surface area contributed by atoms with E-state index < -0.39 is 10.0 Å². The Bertz CT molecular complexity index is 730. The lowest BCUT2D eigenvalue weighted by atomic mass is 10.1. The molecule has 2 aromatic rings. The number of halogens is 1. The molecule has 7 heteroatoms. The van der Waals surface area contributed by atoms with Gasteiger partial charge >= 0.3 is 0 Å². The molecular formula is C14H17FN2O3S. The summed E-state index contributed by atoms with van der Waals surface area (Å²) in [6, 6.07) is 6.09. The number of hydrogen-bond acceptors (Lipinski definition) is 4. The number of benzene rings is 1. The van der Waals surface area contributed by atoms with Crippen LogP contribution in [0.25, 0.3) is 0 Å². The van der Waals surface area contributed by atoms with E-state index in [0.29, 0.717) is 22.5 Å². The quantitative estimate of drug-likeness (QED) is 0.884. The monoisotopic (exact) mass is 312 g/mol. The van der Waals surface area contributed by atoms with Gasteiger partial charge in [0.15, 0.2) is 0 Å². The van der Waals surface area contributed by atoms with Gasteiger partial charge in [0, 0.05) is 6.54 Å². The molecule has 114 valence electrons. The van der Waals surface area contributed by atoms with Gasteiger partial charge in [0.2, 0.25) is 5.09 Å². The van der Waals surface area contributed by atoms with Crippen LogP contribution in [0.4, 0.5) is 4.39 Å². The second kappa shape index (κ2) is 5.97. The van der Waals surface area contributed by atoms with E-state index in [-0.39, 0.29) is 24.0 Å². The van der Waals surface area contributed by atoms with E-state index in [1.54, 1.807) is 26.0 Å². The Kier molecular flexibility index (Phi) is 4.46. The Morgan fingerprint density at radius 3 is 2.38 bits per heavy atom. The molecule has 0 aliphatic heterocycles. The summed E-state index contributed by atoms with van der Waals surface area (Å²) in [4.78, 5) is 0. The number of nitrogens with two attached hydrogens (primary N) is 1. The molecule has 0 aliphatic carbocycles. The number of rotatable bonds is 5. The minimum absolute atomic E-state index is 0.0585. The van der Waals surface area contributed by atoms with Crippen molar-refractivity contribution in [2.75, 3.05) is 0 Å². The Labute approximate surface area is 123 Å². The van der Waals surface area contributed by atoms with Crippen molar-refractivity contribution in [2.24, 2.45) is 5.73 Å². The highest BCUT2D eigenvalue weighted by Gasteiger charge is 2.18. The number of nitrogens with one attached hydrogen (secondary N) is 1. The SMILES string of the molecule is Cc1cc(CNS(=O)(=O)c2ccc(CN)o2)cc(C)c1F. The first-order valence-corrected chi connectivity index (χ1v) is 7.86. The smallest absolute Gasteiger partial charge is 0.274 e. The van der Waals surface area contributed by atoms with E-state index in [1.807, 2.05) is 0 Å². The van der Waals surface area contributed by atoms with Crippen LogP contribution >= 0.6 is 0 Å². The van der Waals surface area contributed by atoms with Gasteiger partial charge in [-0.25, -0.2) is 17.5 Å². The standard InChI is InChI=1S/C14H17FN2O3S/c1-9-5-11(6-10(2)14(9)15)8-17-21(18,19)13-4-3-12(7-16)20-13/h3-6,17H,7-8,16H2,1-2H3. The van der Waals surface area contributed by atoms with E-state index in [9.17, 15) is 12.8 Å². The summed E-state index contributed by atoms with van der Waals surface area (Å²) in [6.07, 6.45) is 0. The lowest BCUT2D eigenvalue weighted by molar-refractivity contribution is 0.412. The van der Waals surface area contributed by atoms with Gasteiger partial charge in [0.1, 0.15) is 11.6 Å². The number of sulfonamides is 1. The molecule has 0 atom stereocenters. The topological polar surface area (TPSA) is 85.3 Å². The van der Waals surface area contributed by atoms with Crippen molar-refractivity contribution < 1.29 is 17.2 Å². The molecule has 0 amide bonds. The van der Waals surface area contributed by atoms with Crippen LogP contribution in [0.2, 0.25) is 0 Å². The zero-order chi connectivity index (χ0) is 15.6. The van der Waals surface area contributed by atoms with E-state index in [1.165, 1.54) is 12.1 Å². The van der Waals surface area contributed by atoms with Crippen molar-refractivity contribution in [1.82, 2.24) is 4.72 Å². The second-order valence-electron chi connectivity index (χ2n) is 4.79. The van der Waals surface area contributed by atoms with Gasteiger partial charge in [-0.3, -0.25) is 0 Å². The second-order valence-corrected chi connectivity index (χ2v) is 6.49. The van der Waals surface area contributed by atoms with Crippen LogP contribution in [-0.2, 0) is 23.1 Å². The average Bonchev–Trinajstić information content (AvgIpc) is 2.92. The van der Waals surface area contributed by atoms with Crippen molar-refractivity contribution in [3.63, 3.8) is 0 Å². The van der Waals surface area contributed by atoms with Crippen LogP contribution in [0.3, 0.4) is 0 Å². The van der Waals surface area contributed by atoms with Crippen LogP contribution in [0.1, 0.15) is 22.5 Å². The molecule has 0 radical (unpaired) electrons. The molecule has 2 rings (SSSR count). The van der Waals surface area contributed by atoms with Crippen molar-refractivity contribution in [1.29, 1.82) is 0 Å². The van der Waals surface area contributed by atoms with Crippen LogP contribution in [0.15, 0.2) is 33.8 Å². The molecule has 0 unspecified atom stereocenters. The van der Waals surface area contributed by atoms with Crippen LogP contribution < -0.4 is 10.5 Å². The molecule has 0 fully saturated rings. The molecule has 1 aromatic heterocycles. The van der Waals surface area contributed by atoms with Gasteiger partial charge in [0.05, 0.1) is 6.54 Å². The maximum atomic E-state index is 13.5. The molecule has 21 heavy (non-hydrogen) atoms. The highest BCUT2D eigenvalue weighted by molar-refractivity contribution is 7.89. The summed E-state index contributed by atoms with van der Waals surface area (Å²) in [7, 11) is -3.75. The Balaban J connectivity index is 2.15. The van der Waals surface area contributed by atoms with Crippen molar-refractivity contribution >= 4 is 10.0 Å². The van der Waals surface area contributed by atoms with E-state index >= 15 is 0 Å². The van der Waals surface area contributed by atoms with E-state index in [4.69, 9.17) is 10.2 Å². The predicted octanol–water partition coefficient (Wildman–Crippen LogP) is 1.97. The van der Waals surface area contributed by atoms with Crippen molar-refractivity contribution in [2.45, 2.75) is 32.0 Å². The maximum absolute atomic E-state index is 13.5. The number of furan rings is 1. The fourth-order valence-electron chi connectivity index (χ4n) is 2.00. The predicted molar refractivity (Wildman–Crippen MR) is 76.5 cm³/mol. The number of hydrogen-bond donors (Lipinski definition) is 2. The van der Waals surface area contributed by atoms with Gasteiger partial charge in [0.25, 0.3) is 10.0 Å². The van der Waals surface area contributed by atoms with Crippen LogP contribution in [0, 0.1) is 19.7 Å².